The molecule has 1 heterocycles. The number of hydrogen-bond acceptors (Lipinski definition) is 5. The molecule has 3 rings (SSSR count). The second-order valence-corrected chi connectivity index (χ2v) is 7.92. The molecule has 0 saturated carbocycles. The summed E-state index contributed by atoms with van der Waals surface area (Å²) in [4.78, 5) is 12.3. The Kier molecular flexibility index (Phi) is 8.48. The van der Waals surface area contributed by atoms with Crippen molar-refractivity contribution < 1.29 is 4.79 Å². The summed E-state index contributed by atoms with van der Waals surface area (Å²) in [5.74, 6) is 1.02. The zero-order valence-electron chi connectivity index (χ0n) is 17.6. The van der Waals surface area contributed by atoms with Crippen molar-refractivity contribution in [3.05, 3.63) is 96.0 Å². The van der Waals surface area contributed by atoms with Crippen LogP contribution in [-0.4, -0.2) is 26.4 Å². The lowest BCUT2D eigenvalue weighted by molar-refractivity contribution is -0.118. The van der Waals surface area contributed by atoms with Gasteiger partial charge in [0.1, 0.15) is 0 Å². The standard InChI is InChI=1S/C24H27N5OS/c1-19(9-8-15-25)23-27-28-24(29(23)16-14-20-10-4-2-5-11-20)31-18-22(30)26-17-21-12-6-3-7-13-21/h2-13,15H,14,16-18,25H2,1H3,(H,26,30)/b15-8-,19-9+. The van der Waals surface area contributed by atoms with E-state index in [0.29, 0.717) is 6.54 Å². The zero-order valence-corrected chi connectivity index (χ0v) is 18.4. The van der Waals surface area contributed by atoms with Gasteiger partial charge in [0.05, 0.1) is 5.75 Å². The van der Waals surface area contributed by atoms with Crippen LogP contribution >= 0.6 is 11.8 Å². The molecule has 7 heteroatoms. The molecule has 3 N–H and O–H groups in total. The van der Waals surface area contributed by atoms with Crippen LogP contribution in [0.5, 0.6) is 0 Å². The Morgan fingerprint density at radius 3 is 2.42 bits per heavy atom. The molecule has 0 unspecified atom stereocenters. The van der Waals surface area contributed by atoms with E-state index in [-0.39, 0.29) is 11.7 Å². The van der Waals surface area contributed by atoms with Crippen LogP contribution in [0.15, 0.2) is 84.2 Å². The van der Waals surface area contributed by atoms with Crippen molar-refractivity contribution in [2.75, 3.05) is 5.75 Å². The van der Waals surface area contributed by atoms with Gasteiger partial charge in [0.2, 0.25) is 5.91 Å². The molecular formula is C24H27N5OS. The fourth-order valence-electron chi connectivity index (χ4n) is 3.03. The Bertz CT molecular complexity index is 1030. The molecule has 0 spiro atoms. The molecule has 31 heavy (non-hydrogen) atoms. The number of hydrogen-bond donors (Lipinski definition) is 2. The lowest BCUT2D eigenvalue weighted by atomic mass is 10.1. The molecule has 6 nitrogen and oxygen atoms in total. The van der Waals surface area contributed by atoms with E-state index < -0.39 is 0 Å². The molecule has 0 atom stereocenters. The van der Waals surface area contributed by atoms with Crippen LogP contribution in [-0.2, 0) is 24.3 Å². The van der Waals surface area contributed by atoms with Crippen LogP contribution < -0.4 is 11.1 Å². The number of nitrogens with one attached hydrogen (secondary N) is 1. The summed E-state index contributed by atoms with van der Waals surface area (Å²) in [6, 6.07) is 20.1. The van der Waals surface area contributed by atoms with Crippen molar-refractivity contribution in [1.29, 1.82) is 0 Å². The van der Waals surface area contributed by atoms with Gasteiger partial charge in [-0.3, -0.25) is 4.79 Å². The quantitative estimate of drug-likeness (QED) is 0.375. The normalized spacial score (nSPS) is 11.7. The third kappa shape index (κ3) is 6.86. The topological polar surface area (TPSA) is 85.8 Å². The largest absolute Gasteiger partial charge is 0.405 e. The van der Waals surface area contributed by atoms with Gasteiger partial charge in [-0.25, -0.2) is 0 Å². The predicted octanol–water partition coefficient (Wildman–Crippen LogP) is 3.81. The first-order valence-corrected chi connectivity index (χ1v) is 11.1. The summed E-state index contributed by atoms with van der Waals surface area (Å²) >= 11 is 1.39. The number of aromatic nitrogens is 3. The highest BCUT2D eigenvalue weighted by Gasteiger charge is 2.15. The predicted molar refractivity (Wildman–Crippen MR) is 126 cm³/mol. The van der Waals surface area contributed by atoms with Gasteiger partial charge in [0.25, 0.3) is 0 Å². The summed E-state index contributed by atoms with van der Waals surface area (Å²) in [5.41, 5.74) is 8.74. The molecule has 2 aromatic carbocycles. The molecular weight excluding hydrogens is 406 g/mol. The fourth-order valence-corrected chi connectivity index (χ4v) is 3.82. The van der Waals surface area contributed by atoms with Crippen LogP contribution in [0.2, 0.25) is 0 Å². The van der Waals surface area contributed by atoms with E-state index in [4.69, 9.17) is 5.73 Å². The zero-order chi connectivity index (χ0) is 21.9. The molecule has 1 aromatic heterocycles. The van der Waals surface area contributed by atoms with Crippen LogP contribution in [0.1, 0.15) is 23.9 Å². The number of rotatable bonds is 10. The highest BCUT2D eigenvalue weighted by Crippen LogP contribution is 2.22. The van der Waals surface area contributed by atoms with Gasteiger partial charge < -0.3 is 15.6 Å². The number of benzene rings is 2. The second-order valence-electron chi connectivity index (χ2n) is 6.98. The van der Waals surface area contributed by atoms with Crippen molar-refractivity contribution in [2.45, 2.75) is 31.6 Å². The number of thioether (sulfide) groups is 1. The first-order valence-electron chi connectivity index (χ1n) is 10.1. The number of aryl methyl sites for hydroxylation is 1. The van der Waals surface area contributed by atoms with Gasteiger partial charge in [-0.05, 0) is 42.3 Å². The summed E-state index contributed by atoms with van der Waals surface area (Å²) in [6.45, 7) is 3.21. The van der Waals surface area contributed by atoms with Crippen molar-refractivity contribution in [3.63, 3.8) is 0 Å². The van der Waals surface area contributed by atoms with Crippen LogP contribution in [0.4, 0.5) is 0 Å². The van der Waals surface area contributed by atoms with E-state index in [0.717, 1.165) is 35.1 Å². The minimum Gasteiger partial charge on any atom is -0.405 e. The molecule has 0 bridgehead atoms. The van der Waals surface area contributed by atoms with E-state index in [9.17, 15) is 4.79 Å². The summed E-state index contributed by atoms with van der Waals surface area (Å²) in [7, 11) is 0. The number of nitrogens with zero attached hydrogens (tertiary/aromatic N) is 3. The summed E-state index contributed by atoms with van der Waals surface area (Å²) in [5, 5.41) is 12.4. The molecule has 0 aliphatic heterocycles. The average Bonchev–Trinajstić information content (AvgIpc) is 3.22. The molecule has 0 saturated heterocycles. The maximum Gasteiger partial charge on any atom is 0.230 e. The highest BCUT2D eigenvalue weighted by molar-refractivity contribution is 7.99. The van der Waals surface area contributed by atoms with E-state index >= 15 is 0 Å². The first-order chi connectivity index (χ1) is 15.2. The maximum atomic E-state index is 12.3. The Hall–Kier alpha value is -3.32. The molecule has 160 valence electrons. The van der Waals surface area contributed by atoms with Gasteiger partial charge in [0, 0.05) is 13.1 Å². The Morgan fingerprint density at radius 1 is 1.06 bits per heavy atom. The monoisotopic (exact) mass is 433 g/mol. The molecule has 3 aromatic rings. The highest BCUT2D eigenvalue weighted by atomic mass is 32.2. The first kappa shape index (κ1) is 22.4. The lowest BCUT2D eigenvalue weighted by Crippen LogP contribution is -2.24. The Morgan fingerprint density at radius 2 is 1.74 bits per heavy atom. The minimum atomic E-state index is -0.0358. The molecule has 0 aliphatic carbocycles. The SMILES string of the molecule is C/C(=C\C=C/N)c1nnc(SCC(=O)NCc2ccccc2)n1CCc1ccccc1. The van der Waals surface area contributed by atoms with E-state index in [1.165, 1.54) is 23.5 Å². The van der Waals surface area contributed by atoms with Gasteiger partial charge in [-0.15, -0.1) is 10.2 Å². The third-order valence-electron chi connectivity index (χ3n) is 4.66. The number of amides is 1. The number of carbonyl (C=O) groups excluding carboxylic acids is 1. The Labute approximate surface area is 187 Å². The van der Waals surface area contributed by atoms with Gasteiger partial charge in [-0.1, -0.05) is 78.5 Å². The summed E-state index contributed by atoms with van der Waals surface area (Å²) in [6.07, 6.45) is 6.01. The summed E-state index contributed by atoms with van der Waals surface area (Å²) < 4.78 is 2.07. The van der Waals surface area contributed by atoms with Crippen molar-refractivity contribution in [3.8, 4) is 0 Å². The van der Waals surface area contributed by atoms with Crippen LogP contribution in [0.25, 0.3) is 5.57 Å². The average molecular weight is 434 g/mol. The molecule has 1 amide bonds. The third-order valence-corrected chi connectivity index (χ3v) is 5.63. The molecule has 0 radical (unpaired) electrons. The van der Waals surface area contributed by atoms with E-state index in [1.54, 1.807) is 6.08 Å². The van der Waals surface area contributed by atoms with Crippen molar-refractivity contribution in [1.82, 2.24) is 20.1 Å². The van der Waals surface area contributed by atoms with Crippen molar-refractivity contribution >= 4 is 23.2 Å². The maximum absolute atomic E-state index is 12.3. The van der Waals surface area contributed by atoms with Crippen LogP contribution in [0.3, 0.4) is 0 Å². The minimum absolute atomic E-state index is 0.0358. The Balaban J connectivity index is 1.67. The number of nitrogens with two attached hydrogens (primary N) is 1. The van der Waals surface area contributed by atoms with E-state index in [2.05, 4.69) is 32.2 Å². The molecule has 0 fully saturated rings. The number of allylic oxidation sites excluding steroid dienone is 3. The van der Waals surface area contributed by atoms with Gasteiger partial charge in [0.15, 0.2) is 11.0 Å². The van der Waals surface area contributed by atoms with E-state index in [1.807, 2.05) is 61.5 Å². The molecule has 0 aliphatic rings. The van der Waals surface area contributed by atoms with Crippen molar-refractivity contribution in [2.24, 2.45) is 5.73 Å². The number of carbonyl (C=O) groups is 1. The smallest absolute Gasteiger partial charge is 0.230 e. The fraction of sp³-hybridized carbons (Fsp3) is 0.208. The lowest BCUT2D eigenvalue weighted by Gasteiger charge is -2.11. The van der Waals surface area contributed by atoms with Gasteiger partial charge >= 0.3 is 0 Å². The van der Waals surface area contributed by atoms with Crippen LogP contribution in [0, 0.1) is 0 Å². The van der Waals surface area contributed by atoms with Gasteiger partial charge in [-0.2, -0.15) is 0 Å². The second kappa shape index (κ2) is 11.8.